The number of sulfonamides is 1. The maximum Gasteiger partial charge on any atom is 0.261 e. The van der Waals surface area contributed by atoms with Gasteiger partial charge in [0.1, 0.15) is 12.4 Å². The van der Waals surface area contributed by atoms with E-state index in [0.717, 1.165) is 5.75 Å². The van der Waals surface area contributed by atoms with Crippen LogP contribution in [0.2, 0.25) is 5.02 Å². The van der Waals surface area contributed by atoms with E-state index in [9.17, 15) is 13.2 Å². The Balaban J connectivity index is 1.62. The van der Waals surface area contributed by atoms with Gasteiger partial charge in [0, 0.05) is 16.3 Å². The molecule has 3 aromatic carbocycles. The summed E-state index contributed by atoms with van der Waals surface area (Å²) in [6.45, 7) is 2.13. The van der Waals surface area contributed by atoms with E-state index in [2.05, 4.69) is 10.0 Å². The third kappa shape index (κ3) is 5.98. The summed E-state index contributed by atoms with van der Waals surface area (Å²) in [6, 6.07) is 21.2. The number of ether oxygens (including phenoxy) is 1. The van der Waals surface area contributed by atoms with Gasteiger partial charge in [-0.2, -0.15) is 0 Å². The second-order valence-corrected chi connectivity index (χ2v) is 8.76. The molecule has 1 unspecified atom stereocenters. The van der Waals surface area contributed by atoms with Crippen molar-refractivity contribution in [3.05, 3.63) is 89.4 Å². The molecule has 3 rings (SSSR count). The topological polar surface area (TPSA) is 84.5 Å². The van der Waals surface area contributed by atoms with Crippen molar-refractivity contribution >= 4 is 33.2 Å². The normalized spacial score (nSPS) is 12.1. The molecule has 0 radical (unpaired) electrons. The van der Waals surface area contributed by atoms with Crippen molar-refractivity contribution in [3.63, 3.8) is 0 Å². The number of hydrogen-bond acceptors (Lipinski definition) is 4. The third-order valence-corrected chi connectivity index (χ3v) is 5.77. The molecule has 3 aromatic rings. The van der Waals surface area contributed by atoms with Crippen molar-refractivity contribution in [2.75, 3.05) is 11.3 Å². The first-order chi connectivity index (χ1) is 14.3. The molecule has 0 aliphatic heterocycles. The van der Waals surface area contributed by atoms with Gasteiger partial charge in [0.25, 0.3) is 15.9 Å². The summed E-state index contributed by atoms with van der Waals surface area (Å²) in [5.74, 6) is 0.393. The van der Waals surface area contributed by atoms with Gasteiger partial charge in [0.15, 0.2) is 0 Å². The number of para-hydroxylation sites is 1. The fourth-order valence-electron chi connectivity index (χ4n) is 2.64. The first-order valence-corrected chi connectivity index (χ1v) is 11.1. The van der Waals surface area contributed by atoms with Crippen molar-refractivity contribution in [1.82, 2.24) is 5.32 Å². The molecule has 0 fully saturated rings. The lowest BCUT2D eigenvalue weighted by atomic mass is 10.2. The van der Waals surface area contributed by atoms with Crippen LogP contribution in [0.15, 0.2) is 83.8 Å². The van der Waals surface area contributed by atoms with Gasteiger partial charge >= 0.3 is 0 Å². The molecule has 30 heavy (non-hydrogen) atoms. The average molecular weight is 445 g/mol. The van der Waals surface area contributed by atoms with Crippen LogP contribution in [-0.2, 0) is 10.0 Å². The van der Waals surface area contributed by atoms with Gasteiger partial charge < -0.3 is 10.1 Å². The summed E-state index contributed by atoms with van der Waals surface area (Å²) in [6.07, 6.45) is 0. The van der Waals surface area contributed by atoms with E-state index >= 15 is 0 Å². The van der Waals surface area contributed by atoms with E-state index in [1.54, 1.807) is 18.2 Å². The second kappa shape index (κ2) is 9.65. The number of rotatable bonds is 8. The minimum atomic E-state index is -3.80. The Morgan fingerprint density at radius 3 is 2.40 bits per heavy atom. The number of hydrogen-bond donors (Lipinski definition) is 2. The largest absolute Gasteiger partial charge is 0.491 e. The Morgan fingerprint density at radius 2 is 1.70 bits per heavy atom. The van der Waals surface area contributed by atoms with Gasteiger partial charge in [-0.3, -0.25) is 9.52 Å². The molecule has 0 heterocycles. The molecule has 8 heteroatoms. The highest BCUT2D eigenvalue weighted by Gasteiger charge is 2.16. The quantitative estimate of drug-likeness (QED) is 0.541. The second-order valence-electron chi connectivity index (χ2n) is 6.64. The highest BCUT2D eigenvalue weighted by atomic mass is 35.5. The minimum Gasteiger partial charge on any atom is -0.491 e. The van der Waals surface area contributed by atoms with Crippen molar-refractivity contribution < 1.29 is 17.9 Å². The Hall–Kier alpha value is -3.03. The Labute approximate surface area is 180 Å². The zero-order valence-corrected chi connectivity index (χ0v) is 17.8. The number of amides is 1. The van der Waals surface area contributed by atoms with Crippen molar-refractivity contribution in [1.29, 1.82) is 0 Å². The van der Waals surface area contributed by atoms with Crippen LogP contribution in [-0.4, -0.2) is 27.0 Å². The van der Waals surface area contributed by atoms with E-state index < -0.39 is 10.0 Å². The van der Waals surface area contributed by atoms with E-state index in [-0.39, 0.29) is 22.5 Å². The molecule has 0 bridgehead atoms. The van der Waals surface area contributed by atoms with Crippen LogP contribution in [0.1, 0.15) is 17.3 Å². The molecule has 0 aliphatic rings. The van der Waals surface area contributed by atoms with Crippen LogP contribution in [0, 0.1) is 0 Å². The molecular weight excluding hydrogens is 424 g/mol. The molecule has 0 aromatic heterocycles. The minimum absolute atomic E-state index is 0.0773. The maximum atomic E-state index is 12.5. The number of halogens is 1. The lowest BCUT2D eigenvalue weighted by Crippen LogP contribution is -2.36. The molecule has 156 valence electrons. The Kier molecular flexibility index (Phi) is 6.97. The van der Waals surface area contributed by atoms with Gasteiger partial charge in [-0.05, 0) is 61.5 Å². The third-order valence-electron chi connectivity index (χ3n) is 4.12. The first-order valence-electron chi connectivity index (χ1n) is 9.21. The highest BCUT2D eigenvalue weighted by molar-refractivity contribution is 7.92. The lowest BCUT2D eigenvalue weighted by Gasteiger charge is -2.15. The molecule has 0 aliphatic carbocycles. The van der Waals surface area contributed by atoms with E-state index in [4.69, 9.17) is 16.3 Å². The summed E-state index contributed by atoms with van der Waals surface area (Å²) in [4.78, 5) is 12.6. The van der Waals surface area contributed by atoms with Gasteiger partial charge in [-0.15, -0.1) is 0 Å². The number of carbonyl (C=O) groups excluding carboxylic acids is 1. The zero-order valence-electron chi connectivity index (χ0n) is 16.2. The van der Waals surface area contributed by atoms with Gasteiger partial charge in [-0.1, -0.05) is 35.9 Å². The average Bonchev–Trinajstić information content (AvgIpc) is 2.73. The molecule has 0 saturated carbocycles. The summed E-state index contributed by atoms with van der Waals surface area (Å²) in [5.41, 5.74) is 0.614. The van der Waals surface area contributed by atoms with Crippen LogP contribution in [0.3, 0.4) is 0 Å². The van der Waals surface area contributed by atoms with Crippen LogP contribution in [0.5, 0.6) is 5.75 Å². The summed E-state index contributed by atoms with van der Waals surface area (Å²) in [5, 5.41) is 3.28. The highest BCUT2D eigenvalue weighted by Crippen LogP contribution is 2.19. The smallest absolute Gasteiger partial charge is 0.261 e. The zero-order chi connectivity index (χ0) is 21.6. The van der Waals surface area contributed by atoms with E-state index in [0.29, 0.717) is 17.2 Å². The fourth-order valence-corrected chi connectivity index (χ4v) is 3.81. The standard InChI is InChI=1S/C22H21ClN2O4S/c1-16(15-29-20-8-3-2-4-9-20)24-22(26)17-6-5-7-19(14-17)25-30(27,28)21-12-10-18(23)11-13-21/h2-14,16,25H,15H2,1H3,(H,24,26). The fraction of sp³-hybridized carbons (Fsp3) is 0.136. The molecule has 0 saturated heterocycles. The van der Waals surface area contributed by atoms with Gasteiger partial charge in [-0.25, -0.2) is 8.42 Å². The monoisotopic (exact) mass is 444 g/mol. The SMILES string of the molecule is CC(COc1ccccc1)NC(=O)c1cccc(NS(=O)(=O)c2ccc(Cl)cc2)c1. The lowest BCUT2D eigenvalue weighted by molar-refractivity contribution is 0.0926. The van der Waals surface area contributed by atoms with Crippen LogP contribution in [0.25, 0.3) is 0 Å². The Bertz CT molecular complexity index is 1100. The maximum absolute atomic E-state index is 12.5. The first kappa shape index (κ1) is 21.7. The van der Waals surface area contributed by atoms with Crippen LogP contribution < -0.4 is 14.8 Å². The van der Waals surface area contributed by atoms with Crippen LogP contribution in [0.4, 0.5) is 5.69 Å². The molecular formula is C22H21ClN2O4S. The Morgan fingerprint density at radius 1 is 1.00 bits per heavy atom. The summed E-state index contributed by atoms with van der Waals surface area (Å²) >= 11 is 5.81. The number of anilines is 1. The van der Waals surface area contributed by atoms with E-state index in [1.165, 1.54) is 30.3 Å². The predicted molar refractivity (Wildman–Crippen MR) is 118 cm³/mol. The molecule has 0 spiro atoms. The summed E-state index contributed by atoms with van der Waals surface area (Å²) < 4.78 is 33.2. The van der Waals surface area contributed by atoms with E-state index in [1.807, 2.05) is 37.3 Å². The van der Waals surface area contributed by atoms with Gasteiger partial charge in [0.2, 0.25) is 0 Å². The van der Waals surface area contributed by atoms with Crippen LogP contribution >= 0.6 is 11.6 Å². The number of nitrogens with one attached hydrogen (secondary N) is 2. The molecule has 1 amide bonds. The number of carbonyl (C=O) groups is 1. The molecule has 1 atom stereocenters. The van der Waals surface area contributed by atoms with Crippen molar-refractivity contribution in [2.45, 2.75) is 17.9 Å². The summed E-state index contributed by atoms with van der Waals surface area (Å²) in [7, 11) is -3.80. The van der Waals surface area contributed by atoms with Crippen molar-refractivity contribution in [3.8, 4) is 5.75 Å². The molecule has 2 N–H and O–H groups in total. The number of benzene rings is 3. The van der Waals surface area contributed by atoms with Gasteiger partial charge in [0.05, 0.1) is 10.9 Å². The van der Waals surface area contributed by atoms with Crippen molar-refractivity contribution in [2.24, 2.45) is 0 Å². The molecule has 6 nitrogen and oxygen atoms in total. The predicted octanol–water partition coefficient (Wildman–Crippen LogP) is 4.34.